The number of unbranched alkanes of at least 4 members (excludes halogenated alkanes) is 29. The number of esters is 3. The summed E-state index contributed by atoms with van der Waals surface area (Å²) in [5.41, 5.74) is 0. The SMILES string of the molecule is CC/C=C\C/C=C\C/C=C\C/C=C\C/C=C\C/C=C\C/C=C\CCCCCCCC(=O)OCC(COC(=O)CCCCCCCCCCCCCCCCC)OC(=O)CCCCCCCCCCCC/C=C\C/C=C\C/C=C\C/C=C\CC. The molecule has 472 valence electrons. The molecular formula is C77H128O6. The molecule has 83 heavy (non-hydrogen) atoms. The van der Waals surface area contributed by atoms with E-state index in [1.54, 1.807) is 0 Å². The minimum atomic E-state index is -0.794. The van der Waals surface area contributed by atoms with Crippen molar-refractivity contribution in [3.8, 4) is 0 Å². The highest BCUT2D eigenvalue weighted by atomic mass is 16.6. The first-order chi connectivity index (χ1) is 41.0. The third-order valence-corrected chi connectivity index (χ3v) is 14.7. The first-order valence-electron chi connectivity index (χ1n) is 34.7. The molecule has 0 radical (unpaired) electrons. The zero-order valence-corrected chi connectivity index (χ0v) is 54.2. The lowest BCUT2D eigenvalue weighted by atomic mass is 10.0. The van der Waals surface area contributed by atoms with E-state index in [-0.39, 0.29) is 31.1 Å². The van der Waals surface area contributed by atoms with Crippen molar-refractivity contribution in [3.05, 3.63) is 134 Å². The van der Waals surface area contributed by atoms with Crippen LogP contribution in [-0.2, 0) is 28.6 Å². The molecule has 0 bridgehead atoms. The first kappa shape index (κ1) is 78.5. The minimum absolute atomic E-state index is 0.0864. The topological polar surface area (TPSA) is 78.9 Å². The van der Waals surface area contributed by atoms with Gasteiger partial charge in [0.2, 0.25) is 0 Å². The number of carbonyl (C=O) groups is 3. The number of hydrogen-bond acceptors (Lipinski definition) is 6. The van der Waals surface area contributed by atoms with E-state index in [1.165, 1.54) is 128 Å². The Morgan fingerprint density at radius 3 is 0.735 bits per heavy atom. The van der Waals surface area contributed by atoms with E-state index in [9.17, 15) is 14.4 Å². The van der Waals surface area contributed by atoms with Gasteiger partial charge in [-0.2, -0.15) is 0 Å². The molecule has 0 aliphatic rings. The summed E-state index contributed by atoms with van der Waals surface area (Å²) in [5.74, 6) is -0.901. The van der Waals surface area contributed by atoms with Gasteiger partial charge in [0.25, 0.3) is 0 Å². The predicted octanol–water partition coefficient (Wildman–Crippen LogP) is 24.1. The van der Waals surface area contributed by atoms with E-state index in [4.69, 9.17) is 14.2 Å². The fraction of sp³-hybridized carbons (Fsp3) is 0.675. The van der Waals surface area contributed by atoms with Gasteiger partial charge in [-0.15, -0.1) is 0 Å². The normalized spacial score (nSPS) is 13.0. The van der Waals surface area contributed by atoms with Crippen LogP contribution in [0.1, 0.15) is 316 Å². The van der Waals surface area contributed by atoms with Crippen LogP contribution in [0.15, 0.2) is 134 Å². The fourth-order valence-electron chi connectivity index (χ4n) is 9.53. The number of carbonyl (C=O) groups excluding carboxylic acids is 3. The molecule has 0 saturated carbocycles. The molecule has 0 N–H and O–H groups in total. The molecule has 0 aromatic carbocycles. The molecule has 0 saturated heterocycles. The monoisotopic (exact) mass is 1150 g/mol. The molecule has 1 unspecified atom stereocenters. The molecule has 6 nitrogen and oxygen atoms in total. The second kappa shape index (κ2) is 70.0. The molecule has 0 rings (SSSR count). The van der Waals surface area contributed by atoms with Gasteiger partial charge < -0.3 is 14.2 Å². The van der Waals surface area contributed by atoms with E-state index >= 15 is 0 Å². The standard InChI is InChI=1S/C77H128O6/c1-4-7-10-13-16-19-22-25-28-30-32-34-36-37-38-39-41-42-44-46-49-52-55-58-61-64-67-70-76(79)82-73-74(72-81-75(78)69-66-63-60-57-54-51-48-27-24-21-18-15-12-9-6-3)83-77(80)71-68-65-62-59-56-53-50-47-45-43-40-35-33-31-29-26-23-20-17-14-11-8-5-2/h7-8,10-11,16-17,19-20,25-26,28-29,32-35,37-38,41-42,46,49,74H,4-6,9,12-15,18,21-24,27,30-31,36,39-40,43-45,47-48,50-73H2,1-3H3/b10-7-,11-8-,19-16-,20-17-,28-25-,29-26-,34-32-,35-33-,38-37-,42-41-,49-46-. The molecule has 0 fully saturated rings. The second-order valence-electron chi connectivity index (χ2n) is 22.7. The molecule has 0 heterocycles. The van der Waals surface area contributed by atoms with Gasteiger partial charge in [-0.1, -0.05) is 315 Å². The average Bonchev–Trinajstić information content (AvgIpc) is 3.49. The van der Waals surface area contributed by atoms with E-state index in [1.807, 2.05) is 0 Å². The van der Waals surface area contributed by atoms with E-state index < -0.39 is 6.10 Å². The smallest absolute Gasteiger partial charge is 0.306 e. The molecule has 0 amide bonds. The fourth-order valence-corrected chi connectivity index (χ4v) is 9.53. The lowest BCUT2D eigenvalue weighted by Gasteiger charge is -2.18. The number of allylic oxidation sites excluding steroid dienone is 22. The van der Waals surface area contributed by atoms with E-state index in [2.05, 4.69) is 154 Å². The maximum atomic E-state index is 13.0. The largest absolute Gasteiger partial charge is 0.462 e. The van der Waals surface area contributed by atoms with Crippen LogP contribution in [0.25, 0.3) is 0 Å². The summed E-state index contributed by atoms with van der Waals surface area (Å²) in [6.45, 7) is 6.42. The summed E-state index contributed by atoms with van der Waals surface area (Å²) in [6.07, 6.45) is 98.9. The second-order valence-corrected chi connectivity index (χ2v) is 22.7. The molecule has 1 atom stereocenters. The highest BCUT2D eigenvalue weighted by Gasteiger charge is 2.19. The maximum Gasteiger partial charge on any atom is 0.306 e. The van der Waals surface area contributed by atoms with Crippen LogP contribution < -0.4 is 0 Å². The summed E-state index contributed by atoms with van der Waals surface area (Å²) < 4.78 is 17.0. The van der Waals surface area contributed by atoms with Crippen molar-refractivity contribution in [3.63, 3.8) is 0 Å². The van der Waals surface area contributed by atoms with Crippen molar-refractivity contribution in [2.75, 3.05) is 13.2 Å². The predicted molar refractivity (Wildman–Crippen MR) is 362 cm³/mol. The summed E-state index contributed by atoms with van der Waals surface area (Å²) in [7, 11) is 0. The Labute approximate surface area is 513 Å². The molecule has 6 heteroatoms. The molecule has 0 aliphatic heterocycles. The average molecular weight is 1150 g/mol. The highest BCUT2D eigenvalue weighted by Crippen LogP contribution is 2.17. The Morgan fingerprint density at radius 2 is 0.470 bits per heavy atom. The zero-order chi connectivity index (χ0) is 59.9. The summed E-state index contributed by atoms with van der Waals surface area (Å²) in [5, 5.41) is 0. The molecule has 0 aliphatic carbocycles. The van der Waals surface area contributed by atoms with E-state index in [0.717, 1.165) is 148 Å². The minimum Gasteiger partial charge on any atom is -0.462 e. The van der Waals surface area contributed by atoms with Crippen LogP contribution in [0.5, 0.6) is 0 Å². The summed E-state index contributed by atoms with van der Waals surface area (Å²) >= 11 is 0. The van der Waals surface area contributed by atoms with Crippen molar-refractivity contribution >= 4 is 17.9 Å². The Balaban J connectivity index is 4.41. The van der Waals surface area contributed by atoms with Crippen LogP contribution in [0.2, 0.25) is 0 Å². The Hall–Kier alpha value is -4.45. The number of rotatable bonds is 62. The van der Waals surface area contributed by atoms with Gasteiger partial charge in [-0.3, -0.25) is 14.4 Å². The van der Waals surface area contributed by atoms with Gasteiger partial charge in [0, 0.05) is 19.3 Å². The maximum absolute atomic E-state index is 13.0. The van der Waals surface area contributed by atoms with Crippen molar-refractivity contribution in [2.45, 2.75) is 322 Å². The summed E-state index contributed by atoms with van der Waals surface area (Å²) in [6, 6.07) is 0. The highest BCUT2D eigenvalue weighted by molar-refractivity contribution is 5.71. The number of hydrogen-bond donors (Lipinski definition) is 0. The zero-order valence-electron chi connectivity index (χ0n) is 54.2. The van der Waals surface area contributed by atoms with Gasteiger partial charge in [0.1, 0.15) is 13.2 Å². The molecule has 0 aromatic rings. The third kappa shape index (κ3) is 68.2. The quantitative estimate of drug-likeness (QED) is 0.0261. The summed E-state index contributed by atoms with van der Waals surface area (Å²) in [4.78, 5) is 38.5. The van der Waals surface area contributed by atoms with Crippen molar-refractivity contribution < 1.29 is 28.6 Å². The Bertz CT molecular complexity index is 1750. The van der Waals surface area contributed by atoms with Gasteiger partial charge in [-0.05, 0) is 116 Å². The van der Waals surface area contributed by atoms with Crippen LogP contribution in [0, 0.1) is 0 Å². The van der Waals surface area contributed by atoms with Crippen molar-refractivity contribution in [2.24, 2.45) is 0 Å². The lowest BCUT2D eigenvalue weighted by Crippen LogP contribution is -2.30. The lowest BCUT2D eigenvalue weighted by molar-refractivity contribution is -0.167. The molecule has 0 spiro atoms. The van der Waals surface area contributed by atoms with Crippen molar-refractivity contribution in [1.29, 1.82) is 0 Å². The Morgan fingerprint density at radius 1 is 0.253 bits per heavy atom. The van der Waals surface area contributed by atoms with Gasteiger partial charge in [0.15, 0.2) is 6.10 Å². The molecular weight excluding hydrogens is 1020 g/mol. The van der Waals surface area contributed by atoms with Gasteiger partial charge in [-0.25, -0.2) is 0 Å². The van der Waals surface area contributed by atoms with Gasteiger partial charge in [0.05, 0.1) is 0 Å². The number of ether oxygens (including phenoxy) is 3. The molecule has 0 aromatic heterocycles. The van der Waals surface area contributed by atoms with Crippen LogP contribution in [0.4, 0.5) is 0 Å². The van der Waals surface area contributed by atoms with Crippen LogP contribution >= 0.6 is 0 Å². The van der Waals surface area contributed by atoms with Gasteiger partial charge >= 0.3 is 17.9 Å². The third-order valence-electron chi connectivity index (χ3n) is 14.7. The van der Waals surface area contributed by atoms with Crippen LogP contribution in [-0.4, -0.2) is 37.2 Å². The first-order valence-corrected chi connectivity index (χ1v) is 34.7. The van der Waals surface area contributed by atoms with Crippen LogP contribution in [0.3, 0.4) is 0 Å². The Kier molecular flexibility index (Phi) is 66.3. The van der Waals surface area contributed by atoms with E-state index in [0.29, 0.717) is 19.3 Å². The van der Waals surface area contributed by atoms with Crippen molar-refractivity contribution in [1.82, 2.24) is 0 Å².